The molecule has 0 unspecified atom stereocenters. The van der Waals surface area contributed by atoms with Gasteiger partial charge in [-0.05, 0) is 87.1 Å². The molecule has 0 aromatic heterocycles. The zero-order valence-electron chi connectivity index (χ0n) is 24.6. The number of nitrogens with one attached hydrogen (secondary N) is 2. The molecular weight excluding hydrogens is 643 g/mol. The molecule has 4 aromatic rings. The Balaban J connectivity index is 1.76. The van der Waals surface area contributed by atoms with Crippen LogP contribution in [0.15, 0.2) is 58.3 Å². The molecule has 5 rings (SSSR count). The van der Waals surface area contributed by atoms with Gasteiger partial charge in [-0.1, -0.05) is 36.4 Å². The highest BCUT2D eigenvalue weighted by Crippen LogP contribution is 2.42. The number of hydrogen-bond acceptors (Lipinski definition) is 8. The molecule has 228 valence electrons. The second kappa shape index (κ2) is 11.0. The number of aryl methyl sites for hydroxylation is 4. The normalized spacial score (nSPS) is 13.0. The van der Waals surface area contributed by atoms with Crippen molar-refractivity contribution in [2.45, 2.75) is 51.3 Å². The van der Waals surface area contributed by atoms with Gasteiger partial charge in [-0.3, -0.25) is 9.59 Å². The molecule has 0 spiro atoms. The summed E-state index contributed by atoms with van der Waals surface area (Å²) in [5.74, 6) is -0.814. The summed E-state index contributed by atoms with van der Waals surface area (Å²) in [6.45, 7) is 10.1. The zero-order valence-corrected chi connectivity index (χ0v) is 27.8. The van der Waals surface area contributed by atoms with Gasteiger partial charge in [0, 0.05) is 43.9 Å². The zero-order chi connectivity index (χ0) is 32.5. The molecule has 0 saturated carbocycles. The molecule has 0 fully saturated rings. The highest BCUT2D eigenvalue weighted by atomic mass is 35.7. The Morgan fingerprint density at radius 1 is 0.545 bits per heavy atom. The summed E-state index contributed by atoms with van der Waals surface area (Å²) in [5.41, 5.74) is 5.14. The molecule has 0 amide bonds. The molecule has 0 bridgehead atoms. The number of carbonyl (C=O) groups excluding carboxylic acids is 2. The number of carbonyl (C=O) groups is 2. The molecular formula is C32H28Cl2N2O6S2. The number of fused-ring (bicyclic) bond motifs is 2. The van der Waals surface area contributed by atoms with Gasteiger partial charge >= 0.3 is 0 Å². The third-order valence-electron chi connectivity index (χ3n) is 7.88. The fourth-order valence-corrected chi connectivity index (χ4v) is 9.42. The quantitative estimate of drug-likeness (QED) is 0.176. The molecule has 0 atom stereocenters. The van der Waals surface area contributed by atoms with Crippen LogP contribution >= 0.6 is 21.4 Å². The van der Waals surface area contributed by atoms with Crippen LogP contribution in [0.4, 0.5) is 22.7 Å². The van der Waals surface area contributed by atoms with Gasteiger partial charge in [0.25, 0.3) is 18.1 Å². The number of halogens is 2. The van der Waals surface area contributed by atoms with E-state index in [-0.39, 0.29) is 43.4 Å². The van der Waals surface area contributed by atoms with Crippen LogP contribution in [0, 0.1) is 41.5 Å². The van der Waals surface area contributed by atoms with E-state index in [2.05, 4.69) is 10.6 Å². The van der Waals surface area contributed by atoms with E-state index in [1.54, 1.807) is 90.1 Å². The Morgan fingerprint density at radius 3 is 1.20 bits per heavy atom. The molecule has 8 nitrogen and oxygen atoms in total. The van der Waals surface area contributed by atoms with Gasteiger partial charge in [-0.25, -0.2) is 16.8 Å². The molecule has 44 heavy (non-hydrogen) atoms. The lowest BCUT2D eigenvalue weighted by molar-refractivity contribution is 0.0980. The first-order valence-corrected chi connectivity index (χ1v) is 18.1. The third-order valence-corrected chi connectivity index (χ3v) is 11.0. The summed E-state index contributed by atoms with van der Waals surface area (Å²) in [6.07, 6.45) is 0. The van der Waals surface area contributed by atoms with Gasteiger partial charge in [-0.2, -0.15) is 0 Å². The van der Waals surface area contributed by atoms with Gasteiger partial charge < -0.3 is 10.6 Å². The fourth-order valence-electron chi connectivity index (χ4n) is 6.17. The van der Waals surface area contributed by atoms with Crippen molar-refractivity contribution in [2.75, 3.05) is 10.6 Å². The van der Waals surface area contributed by atoms with Crippen molar-refractivity contribution >= 4 is 73.8 Å². The average Bonchev–Trinajstić information content (AvgIpc) is 2.90. The molecule has 1 aliphatic carbocycles. The SMILES string of the molecule is Cc1cc(C)c(S(=O)(=O)Cl)c(C)c1Nc1ccc(Nc2c(C)cc(C)c(S(=O)(=O)Cl)c2C)c2c1C(=O)c1ccccc1C2=O. The summed E-state index contributed by atoms with van der Waals surface area (Å²) in [4.78, 5) is 28.0. The van der Waals surface area contributed by atoms with Crippen LogP contribution in [0.5, 0.6) is 0 Å². The highest BCUT2D eigenvalue weighted by molar-refractivity contribution is 8.14. The van der Waals surface area contributed by atoms with E-state index < -0.39 is 29.7 Å². The number of anilines is 4. The molecule has 2 N–H and O–H groups in total. The van der Waals surface area contributed by atoms with Crippen molar-refractivity contribution in [2.24, 2.45) is 0 Å². The number of hydrogen-bond donors (Lipinski definition) is 2. The number of rotatable bonds is 6. The van der Waals surface area contributed by atoms with E-state index in [0.29, 0.717) is 44.8 Å². The Hall–Kier alpha value is -3.70. The number of ketones is 2. The third kappa shape index (κ3) is 5.30. The van der Waals surface area contributed by atoms with E-state index in [1.807, 2.05) is 0 Å². The van der Waals surface area contributed by atoms with Gasteiger partial charge in [0.15, 0.2) is 11.6 Å². The lowest BCUT2D eigenvalue weighted by Crippen LogP contribution is -2.23. The van der Waals surface area contributed by atoms with Crippen LogP contribution in [-0.2, 0) is 18.1 Å². The summed E-state index contributed by atoms with van der Waals surface area (Å²) in [5, 5.41) is 6.44. The molecule has 0 heterocycles. The number of benzene rings is 4. The monoisotopic (exact) mass is 670 g/mol. The molecule has 1 aliphatic rings. The van der Waals surface area contributed by atoms with Crippen molar-refractivity contribution in [1.29, 1.82) is 0 Å². The fraction of sp³-hybridized carbons (Fsp3) is 0.188. The maximum absolute atomic E-state index is 14.0. The molecule has 0 radical (unpaired) electrons. The van der Waals surface area contributed by atoms with Gasteiger partial charge in [0.2, 0.25) is 0 Å². The maximum atomic E-state index is 14.0. The average molecular weight is 672 g/mol. The van der Waals surface area contributed by atoms with Crippen molar-refractivity contribution in [1.82, 2.24) is 0 Å². The summed E-state index contributed by atoms with van der Waals surface area (Å²) in [6, 6.07) is 13.1. The van der Waals surface area contributed by atoms with Crippen LogP contribution in [0.3, 0.4) is 0 Å². The van der Waals surface area contributed by atoms with Crippen LogP contribution in [-0.4, -0.2) is 28.4 Å². The second-order valence-electron chi connectivity index (χ2n) is 10.9. The first kappa shape index (κ1) is 31.7. The predicted molar refractivity (Wildman–Crippen MR) is 174 cm³/mol. The molecule has 0 aliphatic heterocycles. The lowest BCUT2D eigenvalue weighted by atomic mass is 9.82. The van der Waals surface area contributed by atoms with Crippen LogP contribution in [0.2, 0.25) is 0 Å². The Labute approximate surface area is 265 Å². The summed E-state index contributed by atoms with van der Waals surface area (Å²) >= 11 is 0. The van der Waals surface area contributed by atoms with Crippen molar-refractivity contribution in [3.63, 3.8) is 0 Å². The topological polar surface area (TPSA) is 126 Å². The predicted octanol–water partition coefficient (Wildman–Crippen LogP) is 7.65. The highest BCUT2D eigenvalue weighted by Gasteiger charge is 2.35. The van der Waals surface area contributed by atoms with Crippen LogP contribution in [0.1, 0.15) is 65.2 Å². The van der Waals surface area contributed by atoms with Crippen molar-refractivity contribution < 1.29 is 26.4 Å². The lowest BCUT2D eigenvalue weighted by Gasteiger charge is -2.26. The maximum Gasteiger partial charge on any atom is 0.261 e. The van der Waals surface area contributed by atoms with Crippen molar-refractivity contribution in [3.05, 3.63) is 104 Å². The first-order chi connectivity index (χ1) is 20.4. The van der Waals surface area contributed by atoms with E-state index in [9.17, 15) is 26.4 Å². The van der Waals surface area contributed by atoms with E-state index >= 15 is 0 Å². The molecule has 12 heteroatoms. The Bertz CT molecular complexity index is 2020. The van der Waals surface area contributed by atoms with Gasteiger partial charge in [0.05, 0.1) is 32.3 Å². The van der Waals surface area contributed by atoms with E-state index in [4.69, 9.17) is 21.4 Å². The van der Waals surface area contributed by atoms with Gasteiger partial charge in [-0.15, -0.1) is 0 Å². The minimum Gasteiger partial charge on any atom is -0.354 e. The summed E-state index contributed by atoms with van der Waals surface area (Å²) < 4.78 is 49.7. The minimum absolute atomic E-state index is 0.0393. The summed E-state index contributed by atoms with van der Waals surface area (Å²) in [7, 11) is 3.37. The van der Waals surface area contributed by atoms with Gasteiger partial charge in [0.1, 0.15) is 0 Å². The van der Waals surface area contributed by atoms with E-state index in [1.165, 1.54) is 0 Å². The van der Waals surface area contributed by atoms with Crippen molar-refractivity contribution in [3.8, 4) is 0 Å². The van der Waals surface area contributed by atoms with E-state index in [0.717, 1.165) is 0 Å². The second-order valence-corrected chi connectivity index (χ2v) is 15.9. The Kier molecular flexibility index (Phi) is 7.95. The smallest absolute Gasteiger partial charge is 0.261 e. The molecule has 0 saturated heterocycles. The minimum atomic E-state index is -4.09. The Morgan fingerprint density at radius 2 is 0.886 bits per heavy atom. The standard InChI is InChI=1S/C32H28Cl2N2O6S2/c1-15-13-17(3)31(43(33,39)40)19(5)27(15)35-23-11-12-24(26-25(23)29(37)21-9-7-8-10-22(21)30(26)38)36-28-16(2)14-18(4)32(20(28)6)44(34,41)42/h7-14,35-36H,1-6H3. The first-order valence-electron chi connectivity index (χ1n) is 13.4. The molecule has 4 aromatic carbocycles. The van der Waals surface area contributed by atoms with Crippen LogP contribution < -0.4 is 10.6 Å². The largest absolute Gasteiger partial charge is 0.354 e. The van der Waals surface area contributed by atoms with Crippen LogP contribution in [0.25, 0.3) is 0 Å².